The van der Waals surface area contributed by atoms with Crippen molar-refractivity contribution in [3.8, 4) is 11.1 Å². The highest BCUT2D eigenvalue weighted by Gasteiger charge is 2.39. The van der Waals surface area contributed by atoms with Gasteiger partial charge in [0, 0.05) is 30.1 Å². The smallest absolute Gasteiger partial charge is 0.258 e. The number of nitrogens with two attached hydrogens (primary N) is 1. The summed E-state index contributed by atoms with van der Waals surface area (Å²) in [5.74, 6) is -0.715. The van der Waals surface area contributed by atoms with Crippen LogP contribution in [-0.4, -0.2) is 50.5 Å². The normalized spacial score (nSPS) is 18.9. The summed E-state index contributed by atoms with van der Waals surface area (Å²) in [5.41, 5.74) is 9.11. The standard InChI is InChI=1S/C18H17FN8O/c1-10-12(4-3-5-21-10)13-7-23-24-8-14(13)25-18(28)15-16(20)26(2)27-9-11(19)6-22-17(15)27/h3-9,16H,20H2,1-2H3,(H,23,25,28). The molecule has 0 saturated carbocycles. The van der Waals surface area contributed by atoms with Crippen LogP contribution >= 0.6 is 0 Å². The Hall–Kier alpha value is -3.50. The summed E-state index contributed by atoms with van der Waals surface area (Å²) in [4.78, 5) is 21.3. The maximum Gasteiger partial charge on any atom is 0.258 e. The first-order valence-corrected chi connectivity index (χ1v) is 8.44. The SMILES string of the molecule is Cc1ncccc1-c1cnncc1NC(=O)C1=C2N=CC(F)=CN2N(C)C1N. The van der Waals surface area contributed by atoms with Crippen LogP contribution in [0.25, 0.3) is 11.1 Å². The second-order valence-electron chi connectivity index (χ2n) is 6.28. The lowest BCUT2D eigenvalue weighted by molar-refractivity contribution is -0.113. The number of likely N-dealkylation sites (N-methyl/N-ethyl adjacent to an activating group) is 1. The number of aromatic nitrogens is 3. The molecular weight excluding hydrogens is 363 g/mol. The number of hydrogen-bond acceptors (Lipinski definition) is 8. The highest BCUT2D eigenvalue weighted by molar-refractivity contribution is 6.07. The summed E-state index contributed by atoms with van der Waals surface area (Å²) in [7, 11) is 1.65. The molecule has 2 aliphatic rings. The van der Waals surface area contributed by atoms with E-state index in [1.54, 1.807) is 25.5 Å². The molecule has 1 amide bonds. The van der Waals surface area contributed by atoms with Crippen LogP contribution < -0.4 is 11.1 Å². The number of carbonyl (C=O) groups excluding carboxylic acids is 1. The molecule has 0 spiro atoms. The number of hydrazine groups is 1. The third-order valence-electron chi connectivity index (χ3n) is 4.57. The third-order valence-corrected chi connectivity index (χ3v) is 4.57. The van der Waals surface area contributed by atoms with Gasteiger partial charge in [-0.05, 0) is 13.0 Å². The molecule has 1 atom stereocenters. The van der Waals surface area contributed by atoms with Gasteiger partial charge in [-0.25, -0.2) is 9.38 Å². The van der Waals surface area contributed by atoms with Crippen molar-refractivity contribution < 1.29 is 9.18 Å². The summed E-state index contributed by atoms with van der Waals surface area (Å²) >= 11 is 0. The highest BCUT2D eigenvalue weighted by atomic mass is 19.1. The van der Waals surface area contributed by atoms with E-state index >= 15 is 0 Å². The first kappa shape index (κ1) is 17.9. The van der Waals surface area contributed by atoms with Crippen molar-refractivity contribution in [1.82, 2.24) is 25.2 Å². The number of nitrogens with zero attached hydrogens (tertiary/aromatic N) is 6. The molecule has 0 radical (unpaired) electrons. The molecule has 0 aromatic carbocycles. The predicted octanol–water partition coefficient (Wildman–Crippen LogP) is 1.34. The van der Waals surface area contributed by atoms with Crippen LogP contribution in [0.15, 0.2) is 59.1 Å². The van der Waals surface area contributed by atoms with Crippen molar-refractivity contribution in [3.05, 3.63) is 59.8 Å². The molecule has 142 valence electrons. The number of rotatable bonds is 3. The van der Waals surface area contributed by atoms with E-state index in [0.717, 1.165) is 17.5 Å². The molecule has 9 nitrogen and oxygen atoms in total. The van der Waals surface area contributed by atoms with Gasteiger partial charge in [-0.15, -0.1) is 0 Å². The lowest BCUT2D eigenvalue weighted by Gasteiger charge is -2.27. The minimum Gasteiger partial charge on any atom is -0.320 e. The number of fused-ring (bicyclic) bond motifs is 1. The van der Waals surface area contributed by atoms with E-state index in [4.69, 9.17) is 5.73 Å². The second kappa shape index (κ2) is 6.91. The Kier molecular flexibility index (Phi) is 4.41. The van der Waals surface area contributed by atoms with Crippen molar-refractivity contribution in [2.24, 2.45) is 10.7 Å². The van der Waals surface area contributed by atoms with Crippen molar-refractivity contribution in [2.75, 3.05) is 12.4 Å². The first-order chi connectivity index (χ1) is 13.5. The van der Waals surface area contributed by atoms with E-state index in [9.17, 15) is 9.18 Å². The van der Waals surface area contributed by atoms with E-state index in [2.05, 4.69) is 25.5 Å². The third kappa shape index (κ3) is 2.94. The van der Waals surface area contributed by atoms with Gasteiger partial charge in [-0.1, -0.05) is 6.07 Å². The van der Waals surface area contributed by atoms with E-state index < -0.39 is 17.9 Å². The van der Waals surface area contributed by atoms with E-state index in [-0.39, 0.29) is 11.4 Å². The average Bonchev–Trinajstić information content (AvgIpc) is 2.93. The molecular formula is C18H17FN8O. The summed E-state index contributed by atoms with van der Waals surface area (Å²) in [6, 6.07) is 3.68. The predicted molar refractivity (Wildman–Crippen MR) is 101 cm³/mol. The van der Waals surface area contributed by atoms with Gasteiger partial charge in [0.2, 0.25) is 0 Å². The topological polar surface area (TPSA) is 113 Å². The molecule has 1 unspecified atom stereocenters. The van der Waals surface area contributed by atoms with Crippen LogP contribution in [-0.2, 0) is 4.79 Å². The number of nitrogens with one attached hydrogen (secondary N) is 1. The summed E-state index contributed by atoms with van der Waals surface area (Å²) in [6.45, 7) is 1.86. The number of anilines is 1. The fourth-order valence-electron chi connectivity index (χ4n) is 3.11. The van der Waals surface area contributed by atoms with Crippen LogP contribution in [0.2, 0.25) is 0 Å². The monoisotopic (exact) mass is 380 g/mol. The Morgan fingerprint density at radius 1 is 1.29 bits per heavy atom. The largest absolute Gasteiger partial charge is 0.320 e. The molecule has 0 aliphatic carbocycles. The molecule has 2 aromatic heterocycles. The van der Waals surface area contributed by atoms with E-state index in [1.165, 1.54) is 22.4 Å². The first-order valence-electron chi connectivity index (χ1n) is 8.44. The zero-order valence-electron chi connectivity index (χ0n) is 15.2. The molecule has 0 saturated heterocycles. The number of aliphatic imine (C=N–C) groups is 1. The summed E-state index contributed by atoms with van der Waals surface area (Å²) in [6.07, 6.45) is 6.18. The molecule has 28 heavy (non-hydrogen) atoms. The Morgan fingerprint density at radius 3 is 2.86 bits per heavy atom. The molecule has 0 fully saturated rings. The number of amides is 1. The van der Waals surface area contributed by atoms with Gasteiger partial charge >= 0.3 is 0 Å². The number of pyridine rings is 1. The average molecular weight is 380 g/mol. The second-order valence-corrected chi connectivity index (χ2v) is 6.28. The van der Waals surface area contributed by atoms with E-state index in [1.807, 2.05) is 13.0 Å². The van der Waals surface area contributed by atoms with Crippen molar-refractivity contribution in [2.45, 2.75) is 13.1 Å². The Balaban J connectivity index is 1.70. The van der Waals surface area contributed by atoms with Gasteiger partial charge in [0.05, 0.1) is 36.1 Å². The molecule has 4 heterocycles. The lowest BCUT2D eigenvalue weighted by atomic mass is 10.1. The zero-order valence-corrected chi connectivity index (χ0v) is 15.2. The quantitative estimate of drug-likeness (QED) is 0.826. The van der Waals surface area contributed by atoms with Gasteiger partial charge in [0.1, 0.15) is 6.17 Å². The van der Waals surface area contributed by atoms with Crippen LogP contribution in [0.4, 0.5) is 10.1 Å². The summed E-state index contributed by atoms with van der Waals surface area (Å²) < 4.78 is 13.5. The Morgan fingerprint density at radius 2 is 2.07 bits per heavy atom. The number of aryl methyl sites for hydroxylation is 1. The van der Waals surface area contributed by atoms with E-state index in [0.29, 0.717) is 11.3 Å². The number of hydrogen-bond donors (Lipinski definition) is 2. The van der Waals surface area contributed by atoms with Crippen molar-refractivity contribution >= 4 is 17.8 Å². The molecule has 0 bridgehead atoms. The van der Waals surface area contributed by atoms with Gasteiger partial charge in [0.15, 0.2) is 11.6 Å². The number of allylic oxidation sites excluding steroid dienone is 1. The number of halogens is 1. The van der Waals surface area contributed by atoms with Gasteiger partial charge in [-0.2, -0.15) is 15.2 Å². The molecule has 10 heteroatoms. The Labute approximate surface area is 160 Å². The van der Waals surface area contributed by atoms with Crippen LogP contribution in [0, 0.1) is 6.92 Å². The molecule has 4 rings (SSSR count). The van der Waals surface area contributed by atoms with Gasteiger partial charge < -0.3 is 11.1 Å². The fraction of sp³-hybridized carbons (Fsp3) is 0.167. The lowest BCUT2D eigenvalue weighted by Crippen LogP contribution is -2.43. The van der Waals surface area contributed by atoms with Crippen molar-refractivity contribution in [3.63, 3.8) is 0 Å². The Bertz CT molecular complexity index is 1050. The van der Waals surface area contributed by atoms with Crippen LogP contribution in [0.5, 0.6) is 0 Å². The van der Waals surface area contributed by atoms with Gasteiger partial charge in [-0.3, -0.25) is 14.8 Å². The van der Waals surface area contributed by atoms with Crippen LogP contribution in [0.3, 0.4) is 0 Å². The zero-order chi connectivity index (χ0) is 19.8. The van der Waals surface area contributed by atoms with Crippen LogP contribution in [0.1, 0.15) is 5.69 Å². The maximum atomic E-state index is 13.5. The number of carbonyl (C=O) groups is 1. The molecule has 2 aliphatic heterocycles. The highest BCUT2D eigenvalue weighted by Crippen LogP contribution is 2.32. The minimum absolute atomic E-state index is 0.216. The summed E-state index contributed by atoms with van der Waals surface area (Å²) in [5, 5.41) is 13.5. The minimum atomic E-state index is -0.785. The van der Waals surface area contributed by atoms with Crippen molar-refractivity contribution in [1.29, 1.82) is 0 Å². The fourth-order valence-corrected chi connectivity index (χ4v) is 3.11. The molecule has 2 aromatic rings. The maximum absolute atomic E-state index is 13.5. The molecule has 3 N–H and O–H groups in total. The van der Waals surface area contributed by atoms with Gasteiger partial charge in [0.25, 0.3) is 5.91 Å².